The fourth-order valence-electron chi connectivity index (χ4n) is 2.67. The molecular weight excluding hydrogens is 281 g/mol. The molecule has 7 heteroatoms. The number of benzene rings is 1. The maximum atomic E-state index is 12.9. The Morgan fingerprint density at radius 1 is 1.29 bits per heavy atom. The molecule has 0 saturated heterocycles. The monoisotopic (exact) mass is 296 g/mol. The molecule has 0 fully saturated rings. The number of aryl methyl sites for hydroxylation is 1. The van der Waals surface area contributed by atoms with Gasteiger partial charge in [0.2, 0.25) is 0 Å². The van der Waals surface area contributed by atoms with Crippen molar-refractivity contribution in [3.63, 3.8) is 0 Å². The van der Waals surface area contributed by atoms with E-state index in [9.17, 15) is 13.2 Å². The first-order valence-corrected chi connectivity index (χ1v) is 6.82. The first-order valence-electron chi connectivity index (χ1n) is 6.82. The van der Waals surface area contributed by atoms with E-state index in [0.717, 1.165) is 31.3 Å². The van der Waals surface area contributed by atoms with E-state index in [1.165, 1.54) is 18.5 Å². The van der Waals surface area contributed by atoms with E-state index in [-0.39, 0.29) is 18.2 Å². The van der Waals surface area contributed by atoms with Crippen LogP contribution >= 0.6 is 0 Å². The van der Waals surface area contributed by atoms with Crippen molar-refractivity contribution in [1.82, 2.24) is 20.1 Å². The maximum Gasteiger partial charge on any atom is 0.416 e. The van der Waals surface area contributed by atoms with Crippen molar-refractivity contribution in [3.8, 4) is 0 Å². The summed E-state index contributed by atoms with van der Waals surface area (Å²) in [6.45, 7) is 0.972. The Kier molecular flexibility index (Phi) is 3.67. The number of hydrogen-bond donors (Lipinski definition) is 1. The van der Waals surface area contributed by atoms with E-state index >= 15 is 0 Å². The van der Waals surface area contributed by atoms with Crippen LogP contribution in [0.1, 0.15) is 35.8 Å². The predicted molar refractivity (Wildman–Crippen MR) is 70.3 cm³/mol. The summed E-state index contributed by atoms with van der Waals surface area (Å²) in [5.74, 6) is 0.797. The molecule has 21 heavy (non-hydrogen) atoms. The van der Waals surface area contributed by atoms with Crippen LogP contribution in [0.2, 0.25) is 0 Å². The van der Waals surface area contributed by atoms with Crippen LogP contribution in [0.4, 0.5) is 13.2 Å². The van der Waals surface area contributed by atoms with E-state index in [4.69, 9.17) is 0 Å². The van der Waals surface area contributed by atoms with E-state index in [1.54, 1.807) is 10.7 Å². The van der Waals surface area contributed by atoms with Gasteiger partial charge in [-0.15, -0.1) is 0 Å². The minimum atomic E-state index is -4.33. The summed E-state index contributed by atoms with van der Waals surface area (Å²) in [4.78, 5) is 4.19. The van der Waals surface area contributed by atoms with Gasteiger partial charge in [0, 0.05) is 13.1 Å². The third kappa shape index (κ3) is 2.92. The van der Waals surface area contributed by atoms with Gasteiger partial charge in [0.05, 0.1) is 11.6 Å². The molecule has 112 valence electrons. The average Bonchev–Trinajstić information content (AvgIpc) is 2.93. The first kappa shape index (κ1) is 14.1. The highest BCUT2D eigenvalue weighted by Crippen LogP contribution is 2.32. The SMILES string of the molecule is FC(F)(F)c1ccccc1CN[C@@H]1CCCn2ncnc21. The second kappa shape index (κ2) is 5.48. The summed E-state index contributed by atoms with van der Waals surface area (Å²) in [6.07, 6.45) is -1.05. The van der Waals surface area contributed by atoms with Crippen LogP contribution in [0.15, 0.2) is 30.6 Å². The molecule has 0 saturated carbocycles. The highest BCUT2D eigenvalue weighted by atomic mass is 19.4. The van der Waals surface area contributed by atoms with Gasteiger partial charge in [-0.2, -0.15) is 18.3 Å². The largest absolute Gasteiger partial charge is 0.416 e. The summed E-state index contributed by atoms with van der Waals surface area (Å²) in [5.41, 5.74) is -0.337. The molecule has 1 aliphatic heterocycles. The summed E-state index contributed by atoms with van der Waals surface area (Å²) < 4.78 is 40.6. The van der Waals surface area contributed by atoms with Crippen LogP contribution in [0, 0.1) is 0 Å². The lowest BCUT2D eigenvalue weighted by Gasteiger charge is -2.24. The Hall–Kier alpha value is -1.89. The predicted octanol–water partition coefficient (Wildman–Crippen LogP) is 2.92. The van der Waals surface area contributed by atoms with Crippen molar-refractivity contribution in [2.45, 2.75) is 38.1 Å². The molecule has 0 bridgehead atoms. The lowest BCUT2D eigenvalue weighted by atomic mass is 10.0. The molecule has 2 heterocycles. The van der Waals surface area contributed by atoms with Crippen LogP contribution < -0.4 is 5.32 Å². The molecule has 3 rings (SSSR count). The van der Waals surface area contributed by atoms with Crippen molar-refractivity contribution >= 4 is 0 Å². The topological polar surface area (TPSA) is 42.7 Å². The summed E-state index contributed by atoms with van der Waals surface area (Å²) in [5, 5.41) is 7.27. The second-order valence-electron chi connectivity index (χ2n) is 5.07. The molecule has 1 aromatic carbocycles. The van der Waals surface area contributed by atoms with E-state index in [1.807, 2.05) is 0 Å². The number of rotatable bonds is 3. The van der Waals surface area contributed by atoms with Crippen LogP contribution in [0.5, 0.6) is 0 Å². The van der Waals surface area contributed by atoms with Crippen LogP contribution in [0.25, 0.3) is 0 Å². The molecular formula is C14H15F3N4. The molecule has 0 radical (unpaired) electrons. The molecule has 0 aliphatic carbocycles. The van der Waals surface area contributed by atoms with Crippen molar-refractivity contribution in [2.75, 3.05) is 0 Å². The highest BCUT2D eigenvalue weighted by molar-refractivity contribution is 5.29. The number of nitrogens with one attached hydrogen (secondary N) is 1. The Balaban J connectivity index is 1.75. The molecule has 0 amide bonds. The van der Waals surface area contributed by atoms with Crippen molar-refractivity contribution in [2.24, 2.45) is 0 Å². The third-order valence-electron chi connectivity index (χ3n) is 3.68. The first-order chi connectivity index (χ1) is 10.1. The number of nitrogens with zero attached hydrogens (tertiary/aromatic N) is 3. The third-order valence-corrected chi connectivity index (χ3v) is 3.68. The standard InChI is InChI=1S/C14H15F3N4/c15-14(16,17)11-5-2-1-4-10(11)8-18-12-6-3-7-21-13(12)19-9-20-21/h1-2,4-5,9,12,18H,3,6-8H2/t12-/m1/s1. The Labute approximate surface area is 120 Å². The normalized spacial score (nSPS) is 18.5. The van der Waals surface area contributed by atoms with E-state index < -0.39 is 11.7 Å². The summed E-state index contributed by atoms with van der Waals surface area (Å²) in [7, 11) is 0. The number of hydrogen-bond acceptors (Lipinski definition) is 3. The molecule has 2 aromatic rings. The molecule has 1 atom stereocenters. The summed E-state index contributed by atoms with van der Waals surface area (Å²) >= 11 is 0. The lowest BCUT2D eigenvalue weighted by Crippen LogP contribution is -2.29. The number of fused-ring (bicyclic) bond motifs is 1. The van der Waals surface area contributed by atoms with Gasteiger partial charge in [0.1, 0.15) is 12.2 Å². The van der Waals surface area contributed by atoms with E-state index in [0.29, 0.717) is 0 Å². The zero-order valence-corrected chi connectivity index (χ0v) is 11.3. The van der Waals surface area contributed by atoms with Gasteiger partial charge in [-0.05, 0) is 24.5 Å². The minimum Gasteiger partial charge on any atom is -0.303 e. The fourth-order valence-corrected chi connectivity index (χ4v) is 2.67. The van der Waals surface area contributed by atoms with Gasteiger partial charge >= 0.3 is 6.18 Å². The number of alkyl halides is 3. The second-order valence-corrected chi connectivity index (χ2v) is 5.07. The minimum absolute atomic E-state index is 0.0532. The Bertz CT molecular complexity index is 621. The van der Waals surface area contributed by atoms with Crippen molar-refractivity contribution in [1.29, 1.82) is 0 Å². The number of halogens is 3. The van der Waals surface area contributed by atoms with Gasteiger partial charge in [0.25, 0.3) is 0 Å². The van der Waals surface area contributed by atoms with E-state index in [2.05, 4.69) is 15.4 Å². The van der Waals surface area contributed by atoms with Gasteiger partial charge in [-0.25, -0.2) is 9.67 Å². The van der Waals surface area contributed by atoms with Crippen LogP contribution in [0.3, 0.4) is 0 Å². The van der Waals surface area contributed by atoms with Crippen LogP contribution in [-0.2, 0) is 19.3 Å². The fraction of sp³-hybridized carbons (Fsp3) is 0.429. The quantitative estimate of drug-likeness (QED) is 0.947. The number of aromatic nitrogens is 3. The van der Waals surface area contributed by atoms with Crippen molar-refractivity contribution in [3.05, 3.63) is 47.5 Å². The zero-order chi connectivity index (χ0) is 14.9. The molecule has 0 spiro atoms. The van der Waals surface area contributed by atoms with Crippen LogP contribution in [-0.4, -0.2) is 14.8 Å². The smallest absolute Gasteiger partial charge is 0.303 e. The van der Waals surface area contributed by atoms with Gasteiger partial charge in [-0.1, -0.05) is 18.2 Å². The lowest BCUT2D eigenvalue weighted by molar-refractivity contribution is -0.138. The molecule has 4 nitrogen and oxygen atoms in total. The molecule has 1 aliphatic rings. The Morgan fingerprint density at radius 3 is 2.90 bits per heavy atom. The zero-order valence-electron chi connectivity index (χ0n) is 11.3. The molecule has 1 N–H and O–H groups in total. The summed E-state index contributed by atoms with van der Waals surface area (Å²) in [6, 6.07) is 5.59. The van der Waals surface area contributed by atoms with Gasteiger partial charge < -0.3 is 5.32 Å². The van der Waals surface area contributed by atoms with Gasteiger partial charge in [0.15, 0.2) is 0 Å². The maximum absolute atomic E-state index is 12.9. The Morgan fingerprint density at radius 2 is 2.10 bits per heavy atom. The van der Waals surface area contributed by atoms with Crippen molar-refractivity contribution < 1.29 is 13.2 Å². The van der Waals surface area contributed by atoms with Gasteiger partial charge in [-0.3, -0.25) is 0 Å². The average molecular weight is 296 g/mol. The highest BCUT2D eigenvalue weighted by Gasteiger charge is 2.33. The molecule has 1 aromatic heterocycles. The molecule has 0 unspecified atom stereocenters.